The van der Waals surface area contributed by atoms with Crippen LogP contribution in [0.5, 0.6) is 17.2 Å². The first kappa shape index (κ1) is 26.2. The molecule has 0 N–H and O–H groups in total. The van der Waals surface area contributed by atoms with Crippen molar-refractivity contribution in [2.45, 2.75) is 0 Å². The van der Waals surface area contributed by atoms with Crippen molar-refractivity contribution in [3.8, 4) is 23.3 Å². The van der Waals surface area contributed by atoms with Crippen molar-refractivity contribution in [1.29, 1.82) is 5.26 Å². The quantitative estimate of drug-likeness (QED) is 0.401. The van der Waals surface area contributed by atoms with Crippen molar-refractivity contribution in [3.63, 3.8) is 0 Å². The van der Waals surface area contributed by atoms with Crippen molar-refractivity contribution < 1.29 is 23.4 Å². The Morgan fingerprint density at radius 2 is 1.78 bits per heavy atom. The van der Waals surface area contributed by atoms with Gasteiger partial charge in [-0.2, -0.15) is 10.2 Å². The predicted molar refractivity (Wildman–Crippen MR) is 140 cm³/mol. The molecule has 11 heteroatoms. The molecule has 4 rings (SSSR count). The summed E-state index contributed by atoms with van der Waals surface area (Å²) >= 11 is 12.0. The van der Waals surface area contributed by atoms with Gasteiger partial charge < -0.3 is 28.4 Å². The lowest BCUT2D eigenvalue weighted by atomic mass is 10.2. The minimum atomic E-state index is -0.165. The molecule has 1 saturated heterocycles. The van der Waals surface area contributed by atoms with E-state index in [2.05, 4.69) is 11.1 Å². The number of amides is 1. The van der Waals surface area contributed by atoms with E-state index >= 15 is 0 Å². The van der Waals surface area contributed by atoms with Gasteiger partial charge in [0.05, 0.1) is 19.2 Å². The van der Waals surface area contributed by atoms with Crippen LogP contribution in [0.15, 0.2) is 40.8 Å². The molecule has 3 aromatic rings. The molecule has 1 aliphatic rings. The van der Waals surface area contributed by atoms with E-state index in [0.29, 0.717) is 65.2 Å². The molecule has 192 valence electrons. The van der Waals surface area contributed by atoms with E-state index in [4.69, 9.17) is 41.8 Å². The van der Waals surface area contributed by atoms with Crippen molar-refractivity contribution >= 4 is 47.1 Å². The van der Waals surface area contributed by atoms with Gasteiger partial charge in [-0.25, -0.2) is 0 Å². The first-order valence-electron chi connectivity index (χ1n) is 11.3. The molecule has 1 aromatic heterocycles. The van der Waals surface area contributed by atoms with E-state index in [-0.39, 0.29) is 18.2 Å². The molecule has 0 bridgehead atoms. The van der Waals surface area contributed by atoms with Gasteiger partial charge in [0.2, 0.25) is 17.5 Å². The Morgan fingerprint density at radius 1 is 1.05 bits per heavy atom. The molecule has 0 saturated carbocycles. The Hall–Kier alpha value is -3.87. The van der Waals surface area contributed by atoms with E-state index < -0.39 is 0 Å². The lowest BCUT2D eigenvalue weighted by molar-refractivity contribution is -0.133. The number of methoxy groups -OCH3 is 2. The van der Waals surface area contributed by atoms with Crippen molar-refractivity contribution in [2.24, 2.45) is 0 Å². The fraction of sp³-hybridized carbons (Fsp3) is 0.269. The summed E-state index contributed by atoms with van der Waals surface area (Å²) in [4.78, 5) is 20.5. The second-order valence-corrected chi connectivity index (χ2v) is 8.84. The average molecular weight is 543 g/mol. The molecule has 37 heavy (non-hydrogen) atoms. The first-order valence-corrected chi connectivity index (χ1v) is 12.1. The molecule has 0 radical (unpaired) electrons. The van der Waals surface area contributed by atoms with Crippen molar-refractivity contribution in [2.75, 3.05) is 51.9 Å². The fourth-order valence-corrected chi connectivity index (χ4v) is 4.26. The van der Waals surface area contributed by atoms with Crippen molar-refractivity contribution in [3.05, 3.63) is 63.6 Å². The summed E-state index contributed by atoms with van der Waals surface area (Å²) in [6.45, 7) is 1.71. The van der Waals surface area contributed by atoms with Crippen LogP contribution in [0.4, 0.5) is 5.88 Å². The third-order valence-corrected chi connectivity index (χ3v) is 6.25. The Balaban J connectivity index is 1.36. The van der Waals surface area contributed by atoms with Crippen LogP contribution in [0.2, 0.25) is 10.0 Å². The van der Waals surface area contributed by atoms with Gasteiger partial charge in [-0.3, -0.25) is 4.79 Å². The van der Waals surface area contributed by atoms with Crippen LogP contribution in [0.1, 0.15) is 17.1 Å². The minimum absolute atomic E-state index is 0.141. The molecule has 2 heterocycles. The largest absolute Gasteiger partial charge is 0.493 e. The van der Waals surface area contributed by atoms with Crippen LogP contribution in [0.3, 0.4) is 0 Å². The van der Waals surface area contributed by atoms with Crippen molar-refractivity contribution in [1.82, 2.24) is 9.88 Å². The second-order valence-electron chi connectivity index (χ2n) is 8.00. The van der Waals surface area contributed by atoms with Crippen LogP contribution in [-0.2, 0) is 4.79 Å². The highest BCUT2D eigenvalue weighted by Crippen LogP contribution is 2.30. The minimum Gasteiger partial charge on any atom is -0.493 e. The Bertz CT molecular complexity index is 1340. The lowest BCUT2D eigenvalue weighted by Crippen LogP contribution is -2.50. The summed E-state index contributed by atoms with van der Waals surface area (Å²) in [5, 5.41) is 10.4. The van der Waals surface area contributed by atoms with E-state index in [1.807, 2.05) is 23.1 Å². The van der Waals surface area contributed by atoms with Gasteiger partial charge in [0.15, 0.2) is 18.1 Å². The maximum atomic E-state index is 12.6. The highest BCUT2D eigenvalue weighted by atomic mass is 35.5. The van der Waals surface area contributed by atoms with Crippen LogP contribution < -0.4 is 19.1 Å². The summed E-state index contributed by atoms with van der Waals surface area (Å²) in [6.07, 6.45) is 3.49. The number of rotatable bonds is 8. The van der Waals surface area contributed by atoms with E-state index in [1.165, 1.54) is 0 Å². The number of halogens is 2. The van der Waals surface area contributed by atoms with E-state index in [1.54, 1.807) is 49.5 Å². The van der Waals surface area contributed by atoms with E-state index in [0.717, 1.165) is 5.56 Å². The van der Waals surface area contributed by atoms with Crippen LogP contribution >= 0.6 is 23.2 Å². The monoisotopic (exact) mass is 542 g/mol. The maximum Gasteiger partial charge on any atom is 0.260 e. The third kappa shape index (κ3) is 6.28. The second kappa shape index (κ2) is 11.9. The number of carbonyl (C=O) groups is 1. The number of oxazole rings is 1. The standard InChI is InChI=1S/C26H24Cl2N4O5/c1-34-22-6-3-17(13-23(22)35-2)4-8-24-30-20(15-29)26(37-24)32-11-9-31(10-12-32)25(33)16-36-21-7-5-18(27)14-19(21)28/h3-8,13-14H,9-12,16H2,1-2H3/b8-4+. The summed E-state index contributed by atoms with van der Waals surface area (Å²) in [6, 6.07) is 12.4. The number of nitriles is 1. The number of ether oxygens (including phenoxy) is 3. The number of aromatic nitrogens is 1. The molecule has 0 atom stereocenters. The van der Waals surface area contributed by atoms with Gasteiger partial charge >= 0.3 is 0 Å². The number of benzene rings is 2. The Morgan fingerprint density at radius 3 is 2.46 bits per heavy atom. The third-order valence-electron chi connectivity index (χ3n) is 5.72. The smallest absolute Gasteiger partial charge is 0.260 e. The normalized spacial score (nSPS) is 13.5. The highest BCUT2D eigenvalue weighted by molar-refractivity contribution is 6.35. The molecular formula is C26H24Cl2N4O5. The van der Waals surface area contributed by atoms with Gasteiger partial charge in [0.1, 0.15) is 11.8 Å². The zero-order chi connectivity index (χ0) is 26.4. The molecule has 1 aliphatic heterocycles. The van der Waals surface area contributed by atoms with Gasteiger partial charge in [-0.05, 0) is 42.0 Å². The number of nitrogens with zero attached hydrogens (tertiary/aromatic N) is 4. The molecule has 0 unspecified atom stereocenters. The summed E-state index contributed by atoms with van der Waals surface area (Å²) in [5.41, 5.74) is 1.04. The lowest BCUT2D eigenvalue weighted by Gasteiger charge is -2.34. The number of hydrogen-bond acceptors (Lipinski definition) is 8. The number of piperazine rings is 1. The summed E-state index contributed by atoms with van der Waals surface area (Å²) < 4.78 is 22.0. The van der Waals surface area contributed by atoms with E-state index in [9.17, 15) is 10.1 Å². The molecule has 9 nitrogen and oxygen atoms in total. The predicted octanol–water partition coefficient (Wildman–Crippen LogP) is 4.77. The molecular weight excluding hydrogens is 519 g/mol. The Labute approximate surface area is 224 Å². The summed E-state index contributed by atoms with van der Waals surface area (Å²) in [7, 11) is 3.15. The maximum absolute atomic E-state index is 12.6. The number of anilines is 1. The van der Waals surface area contributed by atoms with Crippen LogP contribution in [0.25, 0.3) is 12.2 Å². The average Bonchev–Trinajstić information content (AvgIpc) is 3.34. The molecule has 1 fully saturated rings. The number of carbonyl (C=O) groups excluding carboxylic acids is 1. The zero-order valence-electron chi connectivity index (χ0n) is 20.2. The fourth-order valence-electron chi connectivity index (χ4n) is 3.79. The highest BCUT2D eigenvalue weighted by Gasteiger charge is 2.26. The molecule has 1 amide bonds. The van der Waals surface area contributed by atoms with Crippen LogP contribution in [0, 0.1) is 11.3 Å². The zero-order valence-corrected chi connectivity index (χ0v) is 21.8. The molecule has 2 aromatic carbocycles. The first-order chi connectivity index (χ1) is 17.9. The van der Waals surface area contributed by atoms with Gasteiger partial charge in [-0.1, -0.05) is 29.3 Å². The summed E-state index contributed by atoms with van der Waals surface area (Å²) in [5.74, 6) is 2.14. The van der Waals surface area contributed by atoms with Gasteiger partial charge in [0, 0.05) is 37.3 Å². The van der Waals surface area contributed by atoms with Crippen LogP contribution in [-0.4, -0.2) is 62.8 Å². The SMILES string of the molecule is COc1ccc(/C=C/c2nc(C#N)c(N3CCN(C(=O)COc4ccc(Cl)cc4Cl)CC3)o2)cc1OC. The van der Waals surface area contributed by atoms with Gasteiger partial charge in [-0.15, -0.1) is 0 Å². The molecule has 0 spiro atoms. The number of hydrogen-bond donors (Lipinski definition) is 0. The molecule has 0 aliphatic carbocycles. The topological polar surface area (TPSA) is 101 Å². The van der Waals surface area contributed by atoms with Gasteiger partial charge in [0.25, 0.3) is 5.91 Å². The Kier molecular flexibility index (Phi) is 8.43.